The first kappa shape index (κ1) is 15.9. The summed E-state index contributed by atoms with van der Waals surface area (Å²) in [5, 5.41) is 3.86. The lowest BCUT2D eigenvalue weighted by molar-refractivity contribution is 0.291. The quantitative estimate of drug-likeness (QED) is 0.676. The molecular weight excluding hydrogens is 254 g/mol. The van der Waals surface area contributed by atoms with E-state index in [1.54, 1.807) is 0 Å². The van der Waals surface area contributed by atoms with Gasteiger partial charge in [-0.05, 0) is 25.7 Å². The molecule has 0 unspecified atom stereocenters. The molecule has 6 heteroatoms. The Balaban J connectivity index is 0.000000280. The van der Waals surface area contributed by atoms with E-state index in [0.717, 1.165) is 12.1 Å². The lowest BCUT2D eigenvalue weighted by atomic mass is 9.91. The van der Waals surface area contributed by atoms with Crippen LogP contribution in [0.25, 0.3) is 0 Å². The second-order valence-corrected chi connectivity index (χ2v) is 6.18. The van der Waals surface area contributed by atoms with Gasteiger partial charge in [-0.2, -0.15) is 8.42 Å². The molecule has 0 heterocycles. The van der Waals surface area contributed by atoms with Crippen molar-refractivity contribution in [3.8, 4) is 0 Å². The normalized spacial score (nSPS) is 23.2. The monoisotopic (exact) mass is 279 g/mol. The van der Waals surface area contributed by atoms with Crippen LogP contribution in [0.15, 0.2) is 0 Å². The van der Waals surface area contributed by atoms with Crippen LogP contribution in [-0.4, -0.2) is 29.6 Å². The molecule has 0 radical (unpaired) electrons. The van der Waals surface area contributed by atoms with Crippen molar-refractivity contribution < 1.29 is 17.5 Å². The van der Waals surface area contributed by atoms with E-state index in [1.165, 1.54) is 64.2 Å². The van der Waals surface area contributed by atoms with Crippen LogP contribution >= 0.6 is 0 Å². The molecule has 0 aromatic carbocycles. The van der Waals surface area contributed by atoms with Gasteiger partial charge in [-0.1, -0.05) is 38.5 Å². The molecule has 2 aliphatic rings. The summed E-state index contributed by atoms with van der Waals surface area (Å²) in [7, 11) is -4.67. The smallest absolute Gasteiger partial charge is 0.311 e. The van der Waals surface area contributed by atoms with E-state index in [4.69, 9.17) is 17.5 Å². The van der Waals surface area contributed by atoms with Crippen LogP contribution < -0.4 is 5.32 Å². The largest absolute Gasteiger partial charge is 0.394 e. The van der Waals surface area contributed by atoms with Crippen LogP contribution in [0, 0.1) is 0 Å². The highest BCUT2D eigenvalue weighted by Crippen LogP contribution is 2.22. The van der Waals surface area contributed by atoms with Crippen LogP contribution in [0.3, 0.4) is 0 Å². The lowest BCUT2D eigenvalue weighted by Gasteiger charge is -2.30. The zero-order chi connectivity index (χ0) is 13.4. The molecule has 0 amide bonds. The van der Waals surface area contributed by atoms with Crippen molar-refractivity contribution in [2.45, 2.75) is 76.3 Å². The van der Waals surface area contributed by atoms with E-state index in [0.29, 0.717) is 0 Å². The number of rotatable bonds is 2. The molecular formula is C12H25NO4S. The van der Waals surface area contributed by atoms with Crippen molar-refractivity contribution in [1.82, 2.24) is 5.32 Å². The van der Waals surface area contributed by atoms with Crippen molar-refractivity contribution in [2.24, 2.45) is 0 Å². The van der Waals surface area contributed by atoms with Gasteiger partial charge >= 0.3 is 10.4 Å². The maximum absolute atomic E-state index is 8.74. The number of nitrogens with one attached hydrogen (secondary N) is 1. The third kappa shape index (κ3) is 8.85. The average molecular weight is 279 g/mol. The Kier molecular flexibility index (Phi) is 7.14. The summed E-state index contributed by atoms with van der Waals surface area (Å²) in [6.45, 7) is 0. The van der Waals surface area contributed by atoms with Crippen LogP contribution in [0.4, 0.5) is 0 Å². The Morgan fingerprint density at radius 3 is 1.28 bits per heavy atom. The van der Waals surface area contributed by atoms with E-state index in [2.05, 4.69) is 5.32 Å². The molecule has 0 aromatic rings. The topological polar surface area (TPSA) is 86.6 Å². The van der Waals surface area contributed by atoms with Gasteiger partial charge in [0.15, 0.2) is 0 Å². The summed E-state index contributed by atoms with van der Waals surface area (Å²) in [6, 6.07) is 1.74. The maximum atomic E-state index is 8.74. The molecule has 0 saturated heterocycles. The molecule has 0 aromatic heterocycles. The minimum absolute atomic E-state index is 0.872. The SMILES string of the molecule is C1CCC(NC2CCCCC2)CC1.O=S(=O)(O)O. The van der Waals surface area contributed by atoms with Gasteiger partial charge in [0, 0.05) is 12.1 Å². The highest BCUT2D eigenvalue weighted by molar-refractivity contribution is 7.79. The Bertz CT molecular complexity index is 282. The summed E-state index contributed by atoms with van der Waals surface area (Å²) in [5.41, 5.74) is 0. The Morgan fingerprint density at radius 1 is 0.722 bits per heavy atom. The van der Waals surface area contributed by atoms with Crippen LogP contribution in [0.1, 0.15) is 64.2 Å². The summed E-state index contributed by atoms with van der Waals surface area (Å²) in [5.74, 6) is 0. The van der Waals surface area contributed by atoms with Crippen LogP contribution in [0.5, 0.6) is 0 Å². The van der Waals surface area contributed by atoms with Crippen LogP contribution in [0.2, 0.25) is 0 Å². The second-order valence-electron chi connectivity index (χ2n) is 5.28. The molecule has 0 atom stereocenters. The van der Waals surface area contributed by atoms with Crippen molar-refractivity contribution in [2.75, 3.05) is 0 Å². The van der Waals surface area contributed by atoms with E-state index in [-0.39, 0.29) is 0 Å². The predicted molar refractivity (Wildman–Crippen MR) is 71.1 cm³/mol. The van der Waals surface area contributed by atoms with Gasteiger partial charge in [-0.3, -0.25) is 9.11 Å². The van der Waals surface area contributed by atoms with Gasteiger partial charge in [0.25, 0.3) is 0 Å². The predicted octanol–water partition coefficient (Wildman–Crippen LogP) is 2.59. The third-order valence-corrected chi connectivity index (χ3v) is 3.68. The third-order valence-electron chi connectivity index (χ3n) is 3.68. The summed E-state index contributed by atoms with van der Waals surface area (Å²) in [4.78, 5) is 0. The Hall–Kier alpha value is -0.170. The Morgan fingerprint density at radius 2 is 1.00 bits per heavy atom. The van der Waals surface area contributed by atoms with Gasteiger partial charge in [0.05, 0.1) is 0 Å². The van der Waals surface area contributed by atoms with Crippen molar-refractivity contribution in [1.29, 1.82) is 0 Å². The minimum atomic E-state index is -4.67. The fourth-order valence-electron chi connectivity index (χ4n) is 2.87. The Labute approximate surface area is 110 Å². The fourth-order valence-corrected chi connectivity index (χ4v) is 2.87. The van der Waals surface area contributed by atoms with Crippen LogP contribution in [-0.2, 0) is 10.4 Å². The molecule has 5 nitrogen and oxygen atoms in total. The number of hydrogen-bond donors (Lipinski definition) is 3. The molecule has 2 fully saturated rings. The summed E-state index contributed by atoms with van der Waals surface area (Å²) < 4.78 is 31.6. The first-order valence-electron chi connectivity index (χ1n) is 6.91. The molecule has 0 bridgehead atoms. The van der Waals surface area contributed by atoms with E-state index >= 15 is 0 Å². The summed E-state index contributed by atoms with van der Waals surface area (Å²) in [6.07, 6.45) is 14.6. The minimum Gasteiger partial charge on any atom is -0.311 e. The molecule has 108 valence electrons. The number of hydrogen-bond acceptors (Lipinski definition) is 3. The van der Waals surface area contributed by atoms with Crippen molar-refractivity contribution >= 4 is 10.4 Å². The zero-order valence-electron chi connectivity index (χ0n) is 10.8. The molecule has 0 aliphatic heterocycles. The molecule has 18 heavy (non-hydrogen) atoms. The van der Waals surface area contributed by atoms with Gasteiger partial charge in [0.2, 0.25) is 0 Å². The molecule has 2 rings (SSSR count). The summed E-state index contributed by atoms with van der Waals surface area (Å²) >= 11 is 0. The molecule has 0 spiro atoms. The van der Waals surface area contributed by atoms with Gasteiger partial charge in [-0.15, -0.1) is 0 Å². The van der Waals surface area contributed by atoms with Gasteiger partial charge in [-0.25, -0.2) is 0 Å². The lowest BCUT2D eigenvalue weighted by Crippen LogP contribution is -2.40. The molecule has 3 N–H and O–H groups in total. The standard InChI is InChI=1S/C12H23N.H2O4S/c1-3-7-11(8-4-1)13-12-9-5-2-6-10-12;1-5(2,3)4/h11-13H,1-10H2;(H2,1,2,3,4). The van der Waals surface area contributed by atoms with E-state index in [9.17, 15) is 0 Å². The first-order chi connectivity index (χ1) is 8.45. The average Bonchev–Trinajstić information content (AvgIpc) is 2.29. The zero-order valence-corrected chi connectivity index (χ0v) is 11.7. The van der Waals surface area contributed by atoms with Gasteiger partial charge in [0.1, 0.15) is 0 Å². The van der Waals surface area contributed by atoms with E-state index in [1.807, 2.05) is 0 Å². The highest BCUT2D eigenvalue weighted by atomic mass is 32.3. The first-order valence-corrected chi connectivity index (χ1v) is 8.31. The van der Waals surface area contributed by atoms with Gasteiger partial charge < -0.3 is 5.32 Å². The van der Waals surface area contributed by atoms with Crippen molar-refractivity contribution in [3.63, 3.8) is 0 Å². The highest BCUT2D eigenvalue weighted by Gasteiger charge is 2.19. The van der Waals surface area contributed by atoms with E-state index < -0.39 is 10.4 Å². The fraction of sp³-hybridized carbons (Fsp3) is 1.00. The molecule has 2 aliphatic carbocycles. The maximum Gasteiger partial charge on any atom is 0.394 e. The van der Waals surface area contributed by atoms with Crippen molar-refractivity contribution in [3.05, 3.63) is 0 Å². The molecule has 2 saturated carbocycles. The second kappa shape index (κ2) is 8.09.